The van der Waals surface area contributed by atoms with E-state index in [9.17, 15) is 20.4 Å². The second-order valence-corrected chi connectivity index (χ2v) is 12.9. The van der Waals surface area contributed by atoms with Crippen LogP contribution in [0.2, 0.25) is 20.1 Å². The van der Waals surface area contributed by atoms with Gasteiger partial charge in [-0.1, -0.05) is 88.4 Å². The van der Waals surface area contributed by atoms with Gasteiger partial charge in [0.1, 0.15) is 23.0 Å². The van der Waals surface area contributed by atoms with Crippen molar-refractivity contribution in [2.75, 3.05) is 0 Å². The van der Waals surface area contributed by atoms with Crippen LogP contribution in [0.1, 0.15) is 50.1 Å². The Hall–Kier alpha value is -3.54. The van der Waals surface area contributed by atoms with Crippen LogP contribution in [-0.4, -0.2) is 20.4 Å². The van der Waals surface area contributed by atoms with Crippen molar-refractivity contribution >= 4 is 46.4 Å². The average Bonchev–Trinajstić information content (AvgIpc) is 2.96. The van der Waals surface area contributed by atoms with Crippen LogP contribution in [0.4, 0.5) is 0 Å². The molecule has 0 unspecified atom stereocenters. The Bertz CT molecular complexity index is 1730. The minimum absolute atomic E-state index is 0.00120. The molecular formula is C36H30Cl4O4. The van der Waals surface area contributed by atoms with E-state index in [4.69, 9.17) is 46.4 Å². The molecule has 0 aliphatic heterocycles. The van der Waals surface area contributed by atoms with Gasteiger partial charge in [-0.15, -0.1) is 0 Å². The maximum atomic E-state index is 10.7. The molecule has 0 aliphatic rings. The van der Waals surface area contributed by atoms with Crippen LogP contribution in [0.25, 0.3) is 11.1 Å². The second kappa shape index (κ2) is 11.8. The molecule has 5 rings (SSSR count). The highest BCUT2D eigenvalue weighted by Gasteiger charge is 2.42. The minimum atomic E-state index is -1.23. The highest BCUT2D eigenvalue weighted by atomic mass is 35.5. The van der Waals surface area contributed by atoms with Crippen LogP contribution < -0.4 is 0 Å². The molecule has 0 fully saturated rings. The standard InChI is InChI=1S/C36H30Cl4O4/c1-17-6-7-27(26(8-17)22-9-18(2)32(41)28(37)13-22)36(23-10-19(3)33(42)29(38)14-23,24-11-20(4)34(43)30(39)15-24)25-12-21(5)35(44)31(40)16-25/h6-16,41-44H,1-5H3. The van der Waals surface area contributed by atoms with Gasteiger partial charge >= 0.3 is 0 Å². The number of rotatable bonds is 5. The maximum Gasteiger partial charge on any atom is 0.137 e. The van der Waals surface area contributed by atoms with Crippen molar-refractivity contribution in [1.29, 1.82) is 0 Å². The quantitative estimate of drug-likeness (QED) is 0.141. The summed E-state index contributed by atoms with van der Waals surface area (Å²) in [6.45, 7) is 9.05. The van der Waals surface area contributed by atoms with Gasteiger partial charge in [-0.05, 0) is 121 Å². The first-order valence-electron chi connectivity index (χ1n) is 13.8. The SMILES string of the molecule is Cc1ccc(C(c2cc(C)c(O)c(Cl)c2)(c2cc(C)c(O)c(Cl)c2)c2cc(C)c(O)c(Cl)c2)c(-c2cc(C)c(O)c(Cl)c2)c1. The van der Waals surface area contributed by atoms with Gasteiger partial charge in [-0.3, -0.25) is 0 Å². The summed E-state index contributed by atoms with van der Waals surface area (Å²) in [5.41, 5.74) is 6.29. The molecule has 0 saturated heterocycles. The van der Waals surface area contributed by atoms with E-state index in [1.165, 1.54) is 0 Å². The molecule has 0 radical (unpaired) electrons. The Labute approximate surface area is 276 Å². The summed E-state index contributed by atoms with van der Waals surface area (Å²) in [6, 6.07) is 20.3. The van der Waals surface area contributed by atoms with E-state index in [1.54, 1.807) is 52.0 Å². The molecule has 0 spiro atoms. The summed E-state index contributed by atoms with van der Waals surface area (Å²) in [5, 5.41) is 43.3. The molecule has 5 aromatic carbocycles. The lowest BCUT2D eigenvalue weighted by molar-refractivity contribution is 0.470. The third-order valence-corrected chi connectivity index (χ3v) is 9.36. The van der Waals surface area contributed by atoms with Crippen LogP contribution in [-0.2, 0) is 5.41 Å². The van der Waals surface area contributed by atoms with E-state index in [2.05, 4.69) is 0 Å². The summed E-state index contributed by atoms with van der Waals surface area (Å²) in [6.07, 6.45) is 0. The molecule has 8 heteroatoms. The van der Waals surface area contributed by atoms with E-state index < -0.39 is 5.41 Å². The number of hydrogen-bond acceptors (Lipinski definition) is 4. The van der Waals surface area contributed by atoms with Crippen LogP contribution >= 0.6 is 46.4 Å². The van der Waals surface area contributed by atoms with Gasteiger partial charge in [-0.2, -0.15) is 0 Å². The molecular weight excluding hydrogens is 638 g/mol. The van der Waals surface area contributed by atoms with Crippen LogP contribution in [0.3, 0.4) is 0 Å². The first-order valence-corrected chi connectivity index (χ1v) is 15.3. The van der Waals surface area contributed by atoms with Gasteiger partial charge in [0.2, 0.25) is 0 Å². The lowest BCUT2D eigenvalue weighted by Gasteiger charge is -2.39. The molecule has 4 N–H and O–H groups in total. The van der Waals surface area contributed by atoms with Crippen molar-refractivity contribution in [3.05, 3.63) is 137 Å². The topological polar surface area (TPSA) is 80.9 Å². The third-order valence-electron chi connectivity index (χ3n) is 8.21. The van der Waals surface area contributed by atoms with Crippen molar-refractivity contribution in [3.63, 3.8) is 0 Å². The molecule has 0 saturated carbocycles. The van der Waals surface area contributed by atoms with Gasteiger partial charge < -0.3 is 20.4 Å². The first-order chi connectivity index (χ1) is 20.7. The molecule has 0 amide bonds. The molecule has 226 valence electrons. The molecule has 0 aliphatic carbocycles. The molecule has 0 bridgehead atoms. The zero-order valence-corrected chi connectivity index (χ0v) is 27.7. The van der Waals surface area contributed by atoms with Crippen molar-refractivity contribution in [1.82, 2.24) is 0 Å². The number of hydrogen-bond donors (Lipinski definition) is 4. The van der Waals surface area contributed by atoms with Gasteiger partial charge in [-0.25, -0.2) is 0 Å². The third kappa shape index (κ3) is 5.24. The number of phenols is 4. The summed E-state index contributed by atoms with van der Waals surface area (Å²) in [5.74, 6) is -0.142. The number of benzene rings is 5. The first kappa shape index (κ1) is 31.9. The highest BCUT2D eigenvalue weighted by molar-refractivity contribution is 6.33. The van der Waals surface area contributed by atoms with Crippen molar-refractivity contribution < 1.29 is 20.4 Å². The Kier molecular flexibility index (Phi) is 8.52. The Balaban J connectivity index is 2.10. The minimum Gasteiger partial charge on any atom is -0.506 e. The number of halogens is 4. The second-order valence-electron chi connectivity index (χ2n) is 11.3. The fraction of sp³-hybridized carbons (Fsp3) is 0.167. The fourth-order valence-electron chi connectivity index (χ4n) is 5.94. The molecule has 0 aromatic heterocycles. The number of aromatic hydroxyl groups is 4. The summed E-state index contributed by atoms with van der Waals surface area (Å²) in [7, 11) is 0. The molecule has 44 heavy (non-hydrogen) atoms. The van der Waals surface area contributed by atoms with Crippen molar-refractivity contribution in [2.45, 2.75) is 40.0 Å². The fourth-order valence-corrected chi connectivity index (χ4v) is 7.01. The van der Waals surface area contributed by atoms with Crippen LogP contribution in [0.5, 0.6) is 23.0 Å². The summed E-state index contributed by atoms with van der Waals surface area (Å²) in [4.78, 5) is 0. The summed E-state index contributed by atoms with van der Waals surface area (Å²) >= 11 is 26.5. The van der Waals surface area contributed by atoms with Gasteiger partial charge in [0.25, 0.3) is 0 Å². The van der Waals surface area contributed by atoms with Gasteiger partial charge in [0.05, 0.1) is 25.5 Å². The van der Waals surface area contributed by atoms with E-state index in [0.29, 0.717) is 38.9 Å². The number of aryl methyl sites for hydroxylation is 5. The zero-order chi connectivity index (χ0) is 32.2. The predicted octanol–water partition coefficient (Wildman–Crippen LogP) is 10.7. The monoisotopic (exact) mass is 666 g/mol. The van der Waals surface area contributed by atoms with Crippen LogP contribution in [0, 0.1) is 34.6 Å². The lowest BCUT2D eigenvalue weighted by Crippen LogP contribution is -2.32. The Morgan fingerprint density at radius 1 is 0.455 bits per heavy atom. The number of phenolic OH excluding ortho intramolecular Hbond substituents is 4. The van der Waals surface area contributed by atoms with E-state index in [-0.39, 0.29) is 43.1 Å². The Morgan fingerprint density at radius 3 is 1.18 bits per heavy atom. The van der Waals surface area contributed by atoms with Gasteiger partial charge in [0.15, 0.2) is 0 Å². The van der Waals surface area contributed by atoms with Crippen molar-refractivity contribution in [2.24, 2.45) is 0 Å². The highest BCUT2D eigenvalue weighted by Crippen LogP contribution is 2.53. The van der Waals surface area contributed by atoms with Crippen molar-refractivity contribution in [3.8, 4) is 34.1 Å². The molecule has 0 atom stereocenters. The Morgan fingerprint density at radius 2 is 0.818 bits per heavy atom. The summed E-state index contributed by atoms with van der Waals surface area (Å²) < 4.78 is 0. The van der Waals surface area contributed by atoms with E-state index in [0.717, 1.165) is 22.3 Å². The largest absolute Gasteiger partial charge is 0.506 e. The van der Waals surface area contributed by atoms with E-state index in [1.807, 2.05) is 49.4 Å². The van der Waals surface area contributed by atoms with Gasteiger partial charge in [0, 0.05) is 0 Å². The smallest absolute Gasteiger partial charge is 0.137 e. The molecule has 0 heterocycles. The molecule has 4 nitrogen and oxygen atoms in total. The normalized spacial score (nSPS) is 11.7. The zero-order valence-electron chi connectivity index (χ0n) is 24.7. The lowest BCUT2D eigenvalue weighted by atomic mass is 9.62. The molecule has 5 aromatic rings. The van der Waals surface area contributed by atoms with E-state index >= 15 is 0 Å². The average molecular weight is 668 g/mol. The van der Waals surface area contributed by atoms with Crippen LogP contribution in [0.15, 0.2) is 66.7 Å². The predicted molar refractivity (Wildman–Crippen MR) is 181 cm³/mol. The maximum absolute atomic E-state index is 10.7.